The summed E-state index contributed by atoms with van der Waals surface area (Å²) in [5, 5.41) is 11.6. The monoisotopic (exact) mass is 486 g/mol. The van der Waals surface area contributed by atoms with Gasteiger partial charge in [-0.3, -0.25) is 18.7 Å². The Morgan fingerprint density at radius 3 is 2.74 bits per heavy atom. The number of pyridine rings is 3. The van der Waals surface area contributed by atoms with E-state index in [4.69, 9.17) is 9.26 Å². The van der Waals surface area contributed by atoms with E-state index in [2.05, 4.69) is 26.9 Å². The van der Waals surface area contributed by atoms with Gasteiger partial charge in [0.15, 0.2) is 29.7 Å². The third kappa shape index (κ3) is 4.11. The molecule has 5 aromatic heterocycles. The Morgan fingerprint density at radius 1 is 1.23 bits per heavy atom. The highest BCUT2D eigenvalue weighted by molar-refractivity contribution is 5.80. The average Bonchev–Trinajstić information content (AvgIpc) is 3.44. The summed E-state index contributed by atoms with van der Waals surface area (Å²) in [6.45, 7) is 4.08. The van der Waals surface area contributed by atoms with E-state index in [0.717, 1.165) is 16.8 Å². The lowest BCUT2D eigenvalue weighted by Gasteiger charge is -2.11. The van der Waals surface area contributed by atoms with Crippen molar-refractivity contribution in [3.63, 3.8) is 0 Å². The number of alkyl halides is 3. The normalized spacial score (nSPS) is 11.9. The van der Waals surface area contributed by atoms with E-state index in [0.29, 0.717) is 17.0 Å². The molecule has 0 saturated heterocycles. The third-order valence-electron chi connectivity index (χ3n) is 5.05. The molecule has 0 aliphatic rings. The van der Waals surface area contributed by atoms with Gasteiger partial charge in [0.05, 0.1) is 28.5 Å². The molecule has 0 spiro atoms. The van der Waals surface area contributed by atoms with E-state index in [-0.39, 0.29) is 33.8 Å². The number of aromatic nitrogens is 6. The number of fused-ring (bicyclic) bond motifs is 2. The molecule has 0 N–H and O–H groups in total. The first-order valence-corrected chi connectivity index (χ1v) is 9.99. The predicted molar refractivity (Wildman–Crippen MR) is 115 cm³/mol. The zero-order valence-corrected chi connectivity index (χ0v) is 17.9. The van der Waals surface area contributed by atoms with Crippen LogP contribution in [0, 0.1) is 12.7 Å². The van der Waals surface area contributed by atoms with Crippen LogP contribution >= 0.6 is 0 Å². The van der Waals surface area contributed by atoms with Crippen LogP contribution in [-0.4, -0.2) is 42.1 Å². The second kappa shape index (κ2) is 8.04. The summed E-state index contributed by atoms with van der Waals surface area (Å²) in [4.78, 5) is 17.1. The molecule has 5 rings (SSSR count). The number of hydrogen-bond donors (Lipinski definition) is 0. The van der Waals surface area contributed by atoms with Crippen LogP contribution < -0.4 is 10.3 Å². The number of hydrogen-bond acceptors (Lipinski definition) is 7. The van der Waals surface area contributed by atoms with Gasteiger partial charge < -0.3 is 9.26 Å². The van der Waals surface area contributed by atoms with Crippen molar-refractivity contribution in [1.82, 2.24) is 29.3 Å². The van der Waals surface area contributed by atoms with Gasteiger partial charge in [0.25, 0.3) is 5.56 Å². The lowest BCUT2D eigenvalue weighted by atomic mass is 10.2. The number of rotatable bonds is 5. The van der Waals surface area contributed by atoms with Gasteiger partial charge in [-0.1, -0.05) is 11.7 Å². The smallest absolute Gasteiger partial charge is 0.422 e. The van der Waals surface area contributed by atoms with Gasteiger partial charge in [0.2, 0.25) is 0 Å². The Kier molecular flexibility index (Phi) is 5.11. The zero-order chi connectivity index (χ0) is 24.9. The summed E-state index contributed by atoms with van der Waals surface area (Å²) in [5.74, 6) is -0.549. The first-order valence-electron chi connectivity index (χ1n) is 9.99. The SMILES string of the molecule is C=C(c1nnc2c(F)cc(-c3cc(C)no3)cn12)n1ccc2ncc(OCC(F)(F)F)cc2c1=O. The lowest BCUT2D eigenvalue weighted by Crippen LogP contribution is -2.21. The van der Waals surface area contributed by atoms with E-state index >= 15 is 0 Å². The summed E-state index contributed by atoms with van der Waals surface area (Å²) in [5.41, 5.74) is 0.473. The van der Waals surface area contributed by atoms with Crippen LogP contribution in [0.15, 0.2) is 58.8 Å². The summed E-state index contributed by atoms with van der Waals surface area (Å²) in [6.07, 6.45) is -0.575. The second-order valence-electron chi connectivity index (χ2n) is 7.57. The molecule has 0 aliphatic heterocycles. The van der Waals surface area contributed by atoms with Crippen LogP contribution in [0.2, 0.25) is 0 Å². The minimum atomic E-state index is -4.55. The van der Waals surface area contributed by atoms with Crippen LogP contribution in [0.25, 0.3) is 33.6 Å². The molecular formula is C22H14F4N6O3. The molecule has 178 valence electrons. The summed E-state index contributed by atoms with van der Waals surface area (Å²) in [7, 11) is 0. The molecule has 35 heavy (non-hydrogen) atoms. The van der Waals surface area contributed by atoms with E-state index in [1.54, 1.807) is 13.0 Å². The highest BCUT2D eigenvalue weighted by Crippen LogP contribution is 2.25. The maximum Gasteiger partial charge on any atom is 0.422 e. The fourth-order valence-electron chi connectivity index (χ4n) is 3.45. The minimum absolute atomic E-state index is 0.00819. The average molecular weight is 486 g/mol. The van der Waals surface area contributed by atoms with E-state index in [9.17, 15) is 22.4 Å². The molecule has 0 unspecified atom stereocenters. The van der Waals surface area contributed by atoms with Crippen LogP contribution in [0.4, 0.5) is 17.6 Å². The summed E-state index contributed by atoms with van der Waals surface area (Å²) < 4.78 is 64.5. The molecule has 5 aromatic rings. The first kappa shape index (κ1) is 22.3. The zero-order valence-electron chi connectivity index (χ0n) is 17.9. The molecule has 9 nitrogen and oxygen atoms in total. The van der Waals surface area contributed by atoms with Crippen molar-refractivity contribution in [3.05, 3.63) is 77.1 Å². The number of nitrogens with zero attached hydrogens (tertiary/aromatic N) is 6. The van der Waals surface area contributed by atoms with Crippen LogP contribution in [0.5, 0.6) is 5.75 Å². The molecule has 0 atom stereocenters. The van der Waals surface area contributed by atoms with Gasteiger partial charge >= 0.3 is 6.18 Å². The third-order valence-corrected chi connectivity index (χ3v) is 5.05. The Bertz CT molecular complexity index is 1670. The summed E-state index contributed by atoms with van der Waals surface area (Å²) >= 11 is 0. The van der Waals surface area contributed by atoms with E-state index in [1.165, 1.54) is 28.9 Å². The number of ether oxygens (including phenoxy) is 1. The molecule has 0 saturated carbocycles. The van der Waals surface area contributed by atoms with Gasteiger partial charge in [-0.05, 0) is 25.1 Å². The highest BCUT2D eigenvalue weighted by atomic mass is 19.4. The van der Waals surface area contributed by atoms with Crippen LogP contribution in [0.1, 0.15) is 11.5 Å². The fraction of sp³-hybridized carbons (Fsp3) is 0.136. The standard InChI is InChI=1S/C22H14F4N6O3/c1-11-5-18(35-30-11)13-6-16(23)20-29-28-19(32(20)9-13)12(2)31-4-3-17-15(21(31)33)7-14(8-27-17)34-10-22(24,25)26/h3-9H,2,10H2,1H3. The van der Waals surface area contributed by atoms with Gasteiger partial charge in [0, 0.05) is 24.0 Å². The maximum absolute atomic E-state index is 14.7. The summed E-state index contributed by atoms with van der Waals surface area (Å²) in [6, 6.07) is 5.47. The Hall–Kier alpha value is -4.55. The van der Waals surface area contributed by atoms with Gasteiger partial charge in [0.1, 0.15) is 5.75 Å². The topological polar surface area (TPSA) is 100 Å². The Balaban J connectivity index is 1.58. The minimum Gasteiger partial charge on any atom is -0.482 e. The van der Waals surface area contributed by atoms with Crippen LogP contribution in [-0.2, 0) is 0 Å². The van der Waals surface area contributed by atoms with Crippen molar-refractivity contribution >= 4 is 22.2 Å². The van der Waals surface area contributed by atoms with Crippen molar-refractivity contribution in [2.45, 2.75) is 13.1 Å². The van der Waals surface area contributed by atoms with Gasteiger partial charge in [-0.25, -0.2) is 4.39 Å². The lowest BCUT2D eigenvalue weighted by molar-refractivity contribution is -0.153. The van der Waals surface area contributed by atoms with Gasteiger partial charge in [-0.15, -0.1) is 10.2 Å². The molecule has 13 heteroatoms. The maximum atomic E-state index is 14.7. The van der Waals surface area contributed by atoms with E-state index in [1.807, 2.05) is 0 Å². The molecule has 5 heterocycles. The van der Waals surface area contributed by atoms with Gasteiger partial charge in [-0.2, -0.15) is 13.2 Å². The van der Waals surface area contributed by atoms with Crippen molar-refractivity contribution in [2.24, 2.45) is 0 Å². The van der Waals surface area contributed by atoms with Crippen molar-refractivity contribution < 1.29 is 26.8 Å². The number of aryl methyl sites for hydroxylation is 1. The fourth-order valence-corrected chi connectivity index (χ4v) is 3.45. The van der Waals surface area contributed by atoms with Crippen molar-refractivity contribution in [3.8, 4) is 17.1 Å². The Labute approximate surface area is 192 Å². The first-order chi connectivity index (χ1) is 16.6. The molecule has 0 bridgehead atoms. The Morgan fingerprint density at radius 2 is 2.03 bits per heavy atom. The molecule has 0 aromatic carbocycles. The predicted octanol–water partition coefficient (Wildman–Crippen LogP) is 4.00. The van der Waals surface area contributed by atoms with Crippen molar-refractivity contribution in [2.75, 3.05) is 6.61 Å². The van der Waals surface area contributed by atoms with Crippen LogP contribution in [0.3, 0.4) is 0 Å². The van der Waals surface area contributed by atoms with Crippen molar-refractivity contribution in [1.29, 1.82) is 0 Å². The second-order valence-corrected chi connectivity index (χ2v) is 7.57. The quantitative estimate of drug-likeness (QED) is 0.346. The number of halogens is 4. The largest absolute Gasteiger partial charge is 0.482 e. The molecular weight excluding hydrogens is 472 g/mol. The molecule has 0 aliphatic carbocycles. The molecule has 0 radical (unpaired) electrons. The molecule has 0 amide bonds. The molecule has 0 fully saturated rings. The highest BCUT2D eigenvalue weighted by Gasteiger charge is 2.28. The van der Waals surface area contributed by atoms with E-state index < -0.39 is 24.2 Å².